The highest BCUT2D eigenvalue weighted by atomic mass is 32.2. The Morgan fingerprint density at radius 3 is 2.69 bits per heavy atom. The first kappa shape index (κ1) is 19.6. The third-order valence-corrected chi connectivity index (χ3v) is 5.02. The number of sulfonamides is 1. The lowest BCUT2D eigenvalue weighted by molar-refractivity contribution is -0.127. The van der Waals surface area contributed by atoms with Gasteiger partial charge in [0, 0.05) is 32.4 Å². The van der Waals surface area contributed by atoms with Crippen molar-refractivity contribution in [3.8, 4) is 0 Å². The van der Waals surface area contributed by atoms with Crippen LogP contribution in [-0.2, 0) is 21.2 Å². The van der Waals surface area contributed by atoms with E-state index in [1.54, 1.807) is 26.5 Å². The third kappa shape index (κ3) is 5.39. The summed E-state index contributed by atoms with van der Waals surface area (Å²) in [6, 6.07) is 5.64. The van der Waals surface area contributed by atoms with E-state index >= 15 is 0 Å². The van der Waals surface area contributed by atoms with Gasteiger partial charge in [-0.3, -0.25) is 14.7 Å². The maximum Gasteiger partial charge on any atom is 0.251 e. The van der Waals surface area contributed by atoms with Crippen molar-refractivity contribution in [2.75, 3.05) is 27.2 Å². The second-order valence-corrected chi connectivity index (χ2v) is 7.52. The second kappa shape index (κ2) is 8.59. The smallest absolute Gasteiger partial charge is 0.251 e. The van der Waals surface area contributed by atoms with E-state index < -0.39 is 15.9 Å². The van der Waals surface area contributed by atoms with Crippen LogP contribution in [0.25, 0.3) is 0 Å². The summed E-state index contributed by atoms with van der Waals surface area (Å²) in [4.78, 5) is 25.0. The quantitative estimate of drug-likeness (QED) is 0.583. The molecule has 0 spiro atoms. The Hall–Kier alpha value is -2.72. The summed E-state index contributed by atoms with van der Waals surface area (Å²) < 4.78 is 27.2. The van der Waals surface area contributed by atoms with Gasteiger partial charge in [-0.05, 0) is 30.2 Å². The van der Waals surface area contributed by atoms with Gasteiger partial charge in [0.2, 0.25) is 15.9 Å². The average Bonchev–Trinajstić information content (AvgIpc) is 3.12. The van der Waals surface area contributed by atoms with E-state index in [0.717, 1.165) is 5.56 Å². The zero-order chi connectivity index (χ0) is 19.2. The Morgan fingerprint density at radius 2 is 2.04 bits per heavy atom. The highest BCUT2D eigenvalue weighted by molar-refractivity contribution is 7.89. The first-order valence-corrected chi connectivity index (χ1v) is 9.33. The third-order valence-electron chi connectivity index (χ3n) is 3.57. The van der Waals surface area contributed by atoms with Gasteiger partial charge < -0.3 is 10.2 Å². The Bertz CT molecular complexity index is 863. The van der Waals surface area contributed by atoms with Crippen molar-refractivity contribution in [3.63, 3.8) is 0 Å². The van der Waals surface area contributed by atoms with Gasteiger partial charge in [-0.1, -0.05) is 6.07 Å². The fourth-order valence-corrected chi connectivity index (χ4v) is 3.13. The average molecular weight is 379 g/mol. The molecule has 0 aliphatic carbocycles. The minimum Gasteiger partial charge on any atom is -0.347 e. The number of benzene rings is 1. The molecule has 3 N–H and O–H groups in total. The van der Waals surface area contributed by atoms with Crippen molar-refractivity contribution in [1.82, 2.24) is 25.1 Å². The van der Waals surface area contributed by atoms with Gasteiger partial charge in [0.15, 0.2) is 0 Å². The number of carbonyl (C=O) groups excluding carboxylic acids is 2. The maximum absolute atomic E-state index is 12.4. The van der Waals surface area contributed by atoms with Crippen LogP contribution in [0.2, 0.25) is 0 Å². The van der Waals surface area contributed by atoms with Gasteiger partial charge in [-0.15, -0.1) is 0 Å². The molecule has 0 aliphatic heterocycles. The lowest BCUT2D eigenvalue weighted by Gasteiger charge is -2.11. The summed E-state index contributed by atoms with van der Waals surface area (Å²) in [6.45, 7) is 0.0430. The minimum atomic E-state index is -3.75. The van der Waals surface area contributed by atoms with E-state index in [-0.39, 0.29) is 29.5 Å². The molecule has 0 unspecified atom stereocenters. The van der Waals surface area contributed by atoms with Crippen molar-refractivity contribution in [1.29, 1.82) is 0 Å². The molecule has 2 rings (SSSR count). The summed E-state index contributed by atoms with van der Waals surface area (Å²) in [6.07, 6.45) is 3.80. The first-order chi connectivity index (χ1) is 12.3. The molecule has 0 fully saturated rings. The van der Waals surface area contributed by atoms with Crippen LogP contribution in [0.15, 0.2) is 41.6 Å². The summed E-state index contributed by atoms with van der Waals surface area (Å²) in [5.74, 6) is -0.779. The van der Waals surface area contributed by atoms with Crippen LogP contribution < -0.4 is 10.0 Å². The zero-order valence-corrected chi connectivity index (χ0v) is 15.3. The number of aromatic amines is 1. The summed E-state index contributed by atoms with van der Waals surface area (Å²) in [5.41, 5.74) is 1.04. The molecule has 0 radical (unpaired) electrons. The number of hydrogen-bond acceptors (Lipinski definition) is 5. The number of likely N-dealkylation sites (N-methyl/N-ethyl adjacent to an activating group) is 1. The Balaban J connectivity index is 1.99. The maximum atomic E-state index is 12.4. The standard InChI is InChI=1S/C16H21N5O4S/c1-21(2)15(22)11-17-16(23)13-4-3-5-14(8-13)26(24,25)20-7-6-12-9-18-19-10-12/h3-5,8-10,20H,6-7,11H2,1-2H3,(H,17,23)(H,18,19). The molecule has 9 nitrogen and oxygen atoms in total. The molecule has 0 saturated heterocycles. The van der Waals surface area contributed by atoms with Crippen LogP contribution in [0.5, 0.6) is 0 Å². The molecular formula is C16H21N5O4S. The minimum absolute atomic E-state index is 0.0173. The number of nitrogens with one attached hydrogen (secondary N) is 3. The number of hydrogen-bond donors (Lipinski definition) is 3. The van der Waals surface area contributed by atoms with Gasteiger partial charge in [-0.25, -0.2) is 13.1 Å². The van der Waals surface area contributed by atoms with Gasteiger partial charge in [-0.2, -0.15) is 5.10 Å². The number of amides is 2. The number of H-pyrrole nitrogens is 1. The van der Waals surface area contributed by atoms with Crippen molar-refractivity contribution < 1.29 is 18.0 Å². The van der Waals surface area contributed by atoms with Crippen molar-refractivity contribution in [2.24, 2.45) is 0 Å². The van der Waals surface area contributed by atoms with Gasteiger partial charge in [0.25, 0.3) is 5.91 Å². The fourth-order valence-electron chi connectivity index (χ4n) is 2.05. The Morgan fingerprint density at radius 1 is 1.27 bits per heavy atom. The monoisotopic (exact) mass is 379 g/mol. The lowest BCUT2D eigenvalue weighted by Crippen LogP contribution is -2.36. The number of carbonyl (C=O) groups is 2. The van der Waals surface area contributed by atoms with E-state index in [4.69, 9.17) is 0 Å². The van der Waals surface area contributed by atoms with Crippen LogP contribution in [-0.4, -0.2) is 62.5 Å². The van der Waals surface area contributed by atoms with Crippen LogP contribution >= 0.6 is 0 Å². The van der Waals surface area contributed by atoms with E-state index in [1.165, 1.54) is 29.2 Å². The molecule has 2 amide bonds. The highest BCUT2D eigenvalue weighted by Crippen LogP contribution is 2.11. The fraction of sp³-hybridized carbons (Fsp3) is 0.312. The number of nitrogens with zero attached hydrogens (tertiary/aromatic N) is 2. The molecule has 0 saturated carbocycles. The molecule has 1 aromatic heterocycles. The van der Waals surface area contributed by atoms with E-state index in [1.807, 2.05) is 0 Å². The molecule has 140 valence electrons. The van der Waals surface area contributed by atoms with Crippen molar-refractivity contribution in [3.05, 3.63) is 47.8 Å². The van der Waals surface area contributed by atoms with Crippen LogP contribution in [0.1, 0.15) is 15.9 Å². The molecule has 0 bridgehead atoms. The SMILES string of the molecule is CN(C)C(=O)CNC(=O)c1cccc(S(=O)(=O)NCCc2cn[nH]c2)c1. The summed E-state index contributed by atoms with van der Waals surface area (Å²) in [7, 11) is -0.590. The van der Waals surface area contributed by atoms with Crippen molar-refractivity contribution in [2.45, 2.75) is 11.3 Å². The van der Waals surface area contributed by atoms with Gasteiger partial charge in [0.05, 0.1) is 17.6 Å². The van der Waals surface area contributed by atoms with Gasteiger partial charge in [0.1, 0.15) is 0 Å². The largest absolute Gasteiger partial charge is 0.347 e. The molecule has 0 aliphatic rings. The van der Waals surface area contributed by atoms with Crippen LogP contribution in [0.4, 0.5) is 0 Å². The molecular weight excluding hydrogens is 358 g/mol. The predicted molar refractivity (Wildman–Crippen MR) is 94.9 cm³/mol. The topological polar surface area (TPSA) is 124 Å². The molecule has 1 heterocycles. The highest BCUT2D eigenvalue weighted by Gasteiger charge is 2.16. The van der Waals surface area contributed by atoms with Crippen LogP contribution in [0, 0.1) is 0 Å². The Labute approximate surface area is 151 Å². The Kier molecular flexibility index (Phi) is 6.47. The zero-order valence-electron chi connectivity index (χ0n) is 14.5. The molecule has 26 heavy (non-hydrogen) atoms. The normalized spacial score (nSPS) is 11.2. The molecule has 10 heteroatoms. The number of aromatic nitrogens is 2. The van der Waals surface area contributed by atoms with E-state index in [2.05, 4.69) is 20.2 Å². The molecule has 2 aromatic rings. The second-order valence-electron chi connectivity index (χ2n) is 5.75. The summed E-state index contributed by atoms with van der Waals surface area (Å²) >= 11 is 0. The van der Waals surface area contributed by atoms with Crippen molar-refractivity contribution >= 4 is 21.8 Å². The lowest BCUT2D eigenvalue weighted by atomic mass is 10.2. The summed E-state index contributed by atoms with van der Waals surface area (Å²) in [5, 5.41) is 8.92. The van der Waals surface area contributed by atoms with Gasteiger partial charge >= 0.3 is 0 Å². The molecule has 1 aromatic carbocycles. The number of rotatable bonds is 8. The molecule has 0 atom stereocenters. The predicted octanol–water partition coefficient (Wildman–Crippen LogP) is -0.251. The van der Waals surface area contributed by atoms with E-state index in [0.29, 0.717) is 6.42 Å². The van der Waals surface area contributed by atoms with Crippen LogP contribution in [0.3, 0.4) is 0 Å². The first-order valence-electron chi connectivity index (χ1n) is 7.85. The van der Waals surface area contributed by atoms with E-state index in [9.17, 15) is 18.0 Å².